The molecule has 2 aliphatic rings. The normalized spacial score (nSPS) is 17.4. The van der Waals surface area contributed by atoms with Crippen LogP contribution >= 0.6 is 0 Å². The van der Waals surface area contributed by atoms with Gasteiger partial charge in [-0.15, -0.1) is 0 Å². The van der Waals surface area contributed by atoms with E-state index in [1.165, 1.54) is 31.1 Å². The van der Waals surface area contributed by atoms with Gasteiger partial charge in [-0.3, -0.25) is 34.8 Å². The van der Waals surface area contributed by atoms with Gasteiger partial charge < -0.3 is 47.2 Å². The first-order valence-electron chi connectivity index (χ1n) is 17.9. The average molecular weight is 751 g/mol. The summed E-state index contributed by atoms with van der Waals surface area (Å²) in [5.74, 6) is 1.26. The number of ketones is 1. The third-order valence-electron chi connectivity index (χ3n) is 9.09. The van der Waals surface area contributed by atoms with Crippen molar-refractivity contribution in [3.63, 3.8) is 0 Å². The van der Waals surface area contributed by atoms with E-state index in [4.69, 9.17) is 16.3 Å². The lowest BCUT2D eigenvalue weighted by Gasteiger charge is -2.27. The first-order chi connectivity index (χ1) is 25.8. The van der Waals surface area contributed by atoms with E-state index in [-0.39, 0.29) is 43.9 Å². The maximum Gasteiger partial charge on any atom is 0.407 e. The van der Waals surface area contributed by atoms with E-state index < -0.39 is 65.8 Å². The van der Waals surface area contributed by atoms with Crippen molar-refractivity contribution in [3.8, 4) is 0 Å². The fraction of sp³-hybridized carbons (Fsp3) is 0.500. The Morgan fingerprint density at radius 2 is 1.78 bits per heavy atom. The highest BCUT2D eigenvalue weighted by Crippen LogP contribution is 2.23. The number of hydrazine groups is 1. The van der Waals surface area contributed by atoms with Gasteiger partial charge in [0.05, 0.1) is 41.5 Å². The molecule has 0 bridgehead atoms. The minimum Gasteiger partial charge on any atom is -0.445 e. The highest BCUT2D eigenvalue weighted by atomic mass is 16.5. The van der Waals surface area contributed by atoms with Gasteiger partial charge in [-0.25, -0.2) is 9.78 Å². The van der Waals surface area contributed by atoms with Crippen LogP contribution < -0.4 is 38.3 Å². The second kappa shape index (κ2) is 19.5. The summed E-state index contributed by atoms with van der Waals surface area (Å²) in [5.41, 5.74) is 9.08. The van der Waals surface area contributed by atoms with E-state index >= 15 is 0 Å². The van der Waals surface area contributed by atoms with Gasteiger partial charge >= 0.3 is 6.09 Å². The second-order valence-electron chi connectivity index (χ2n) is 13.7. The number of carbonyl (C=O) groups excluding carboxylic acids is 6. The zero-order valence-corrected chi connectivity index (χ0v) is 30.6. The molecule has 1 aromatic heterocycles. The summed E-state index contributed by atoms with van der Waals surface area (Å²) in [4.78, 5) is 87.3. The number of aryl methyl sites for hydroxylation is 2. The van der Waals surface area contributed by atoms with Crippen molar-refractivity contribution >= 4 is 35.5 Å². The average Bonchev–Trinajstić information content (AvgIpc) is 3.59. The number of primary amides is 1. The Kier molecular flexibility index (Phi) is 14.8. The Hall–Kier alpha value is -5.62. The number of hydrogen-bond acceptors (Lipinski definition) is 13. The van der Waals surface area contributed by atoms with E-state index in [2.05, 4.69) is 36.7 Å². The zero-order valence-electron chi connectivity index (χ0n) is 30.6. The summed E-state index contributed by atoms with van der Waals surface area (Å²) >= 11 is 0. The van der Waals surface area contributed by atoms with Crippen LogP contribution in [0.1, 0.15) is 79.8 Å². The highest BCUT2D eigenvalue weighted by Gasteiger charge is 2.42. The number of unbranched alkanes of at least 4 members (excludes halogenated alkanes) is 1. The number of benzene rings is 1. The maximum atomic E-state index is 13.8. The van der Waals surface area contributed by atoms with Crippen LogP contribution in [0, 0.1) is 0 Å². The molecule has 3 atom stereocenters. The molecule has 18 heteroatoms. The first kappa shape index (κ1) is 41.1. The van der Waals surface area contributed by atoms with Gasteiger partial charge in [-0.1, -0.05) is 30.3 Å². The summed E-state index contributed by atoms with van der Waals surface area (Å²) in [7, 11) is 0. The highest BCUT2D eigenvalue weighted by molar-refractivity contribution is 6.37. The molecule has 1 aromatic carbocycles. The van der Waals surface area contributed by atoms with Crippen molar-refractivity contribution in [3.05, 3.63) is 71.1 Å². The number of nitrogens with two attached hydrogens (primary N) is 2. The summed E-state index contributed by atoms with van der Waals surface area (Å²) in [6.45, 7) is 2.84. The Morgan fingerprint density at radius 3 is 2.46 bits per heavy atom. The predicted octanol–water partition coefficient (Wildman–Crippen LogP) is -0.644. The van der Waals surface area contributed by atoms with Crippen LogP contribution in [-0.4, -0.2) is 98.8 Å². The minimum atomic E-state index is -1.38. The number of amides is 5. The smallest absolute Gasteiger partial charge is 0.407 e. The van der Waals surface area contributed by atoms with Crippen molar-refractivity contribution in [2.24, 2.45) is 11.6 Å². The minimum absolute atomic E-state index is 0.0161. The number of likely N-dealkylation sites (tertiary alicyclic amines) is 1. The summed E-state index contributed by atoms with van der Waals surface area (Å²) < 4.78 is 5.19. The Bertz CT molecular complexity index is 1700. The van der Waals surface area contributed by atoms with Crippen molar-refractivity contribution < 1.29 is 38.6 Å². The topological polar surface area (TPSA) is 273 Å². The van der Waals surface area contributed by atoms with Crippen molar-refractivity contribution in [1.29, 1.82) is 0 Å². The van der Waals surface area contributed by atoms with Gasteiger partial charge in [-0.2, -0.15) is 0 Å². The molecule has 5 amide bonds. The number of aromatic nitrogens is 2. The van der Waals surface area contributed by atoms with Crippen LogP contribution in [0.15, 0.2) is 48.4 Å². The molecule has 10 N–H and O–H groups in total. The van der Waals surface area contributed by atoms with Crippen LogP contribution in [0.3, 0.4) is 0 Å². The lowest BCUT2D eigenvalue weighted by Crippen LogP contribution is -2.53. The number of fused-ring (bicyclic) bond motifs is 1. The second-order valence-corrected chi connectivity index (χ2v) is 13.7. The van der Waals surface area contributed by atoms with Crippen LogP contribution in [0.5, 0.6) is 0 Å². The molecule has 54 heavy (non-hydrogen) atoms. The Labute approximate surface area is 313 Å². The monoisotopic (exact) mass is 750 g/mol. The van der Waals surface area contributed by atoms with Crippen molar-refractivity contribution in [2.75, 3.05) is 19.6 Å². The fourth-order valence-electron chi connectivity index (χ4n) is 6.21. The molecule has 0 radical (unpaired) electrons. The van der Waals surface area contributed by atoms with E-state index in [1.807, 2.05) is 30.3 Å². The number of aliphatic hydroxyl groups is 1. The van der Waals surface area contributed by atoms with E-state index in [0.29, 0.717) is 19.3 Å². The largest absolute Gasteiger partial charge is 0.445 e. The fourth-order valence-corrected chi connectivity index (χ4v) is 6.21. The maximum absolute atomic E-state index is 13.8. The number of carbonyl (C=O) groups is 6. The molecule has 2 heterocycles. The molecular weight excluding hydrogens is 700 g/mol. The van der Waals surface area contributed by atoms with Gasteiger partial charge in [0.25, 0.3) is 11.8 Å². The van der Waals surface area contributed by atoms with Crippen LogP contribution in [0.4, 0.5) is 4.79 Å². The SMILES string of the molecule is CC(C)(O)/C(=C/NN)N[C@H]1C[C@@H](C(=O)NC(CCCCNC(=O)OCc2ccccc2)C(=O)C(N)=O)N(C(=O)CNC(=O)c2cnc3c(n2)CCCC3)C1. The van der Waals surface area contributed by atoms with Gasteiger partial charge in [0.1, 0.15) is 18.3 Å². The molecule has 1 fully saturated rings. The number of rotatable bonds is 18. The molecule has 0 saturated carbocycles. The number of nitrogens with one attached hydrogen (secondary N) is 5. The number of nitrogens with zero attached hydrogens (tertiary/aromatic N) is 3. The van der Waals surface area contributed by atoms with Gasteiger partial charge in [-0.05, 0) is 70.8 Å². The summed E-state index contributed by atoms with van der Waals surface area (Å²) in [6, 6.07) is 6.13. The van der Waals surface area contributed by atoms with E-state index in [1.54, 1.807) is 0 Å². The molecule has 4 rings (SSSR count). The molecule has 1 saturated heterocycles. The molecule has 1 unspecified atom stereocenters. The third kappa shape index (κ3) is 12.0. The molecular formula is C36H50N10O8. The summed E-state index contributed by atoms with van der Waals surface area (Å²) in [5, 5.41) is 21.5. The van der Waals surface area contributed by atoms with E-state index in [0.717, 1.165) is 36.2 Å². The lowest BCUT2D eigenvalue weighted by molar-refractivity contribution is -0.141. The summed E-state index contributed by atoms with van der Waals surface area (Å²) in [6.07, 6.45) is 6.28. The number of hydrogen-bond donors (Lipinski definition) is 8. The van der Waals surface area contributed by atoms with Crippen LogP contribution in [-0.2, 0) is 43.4 Å². The van der Waals surface area contributed by atoms with Crippen molar-refractivity contribution in [1.82, 2.24) is 41.6 Å². The number of alkyl carbamates (subject to hydrolysis) is 1. The third-order valence-corrected chi connectivity index (χ3v) is 9.09. The predicted molar refractivity (Wildman–Crippen MR) is 194 cm³/mol. The van der Waals surface area contributed by atoms with Gasteiger partial charge in [0, 0.05) is 25.3 Å². The Balaban J connectivity index is 1.39. The molecule has 292 valence electrons. The van der Waals surface area contributed by atoms with Gasteiger partial charge in [0.15, 0.2) is 0 Å². The standard InChI is InChI=1S/C36H50N10O8/c1-36(2,53)29(18-42-38)43-23-16-28(46(20-23)30(47)19-41-33(50)27-17-40-24-12-6-7-13-25(24)44-27)34(51)45-26(31(48)32(37)49)14-8-9-15-39-35(52)54-21-22-10-4-3-5-11-22/h3-5,10-11,17-18,23,26,28,42-43,53H,6-9,12-16,19-21,38H2,1-2H3,(H2,37,49)(H,39,52)(H,41,50)(H,45,51)/b29-18-/t23-,26?,28-/m0/s1. The lowest BCUT2D eigenvalue weighted by atomic mass is 10.0. The van der Waals surface area contributed by atoms with Crippen LogP contribution in [0.25, 0.3) is 0 Å². The van der Waals surface area contributed by atoms with Gasteiger partial charge in [0.2, 0.25) is 17.6 Å². The molecule has 1 aliphatic heterocycles. The molecule has 0 spiro atoms. The molecule has 18 nitrogen and oxygen atoms in total. The van der Waals surface area contributed by atoms with Crippen molar-refractivity contribution in [2.45, 2.75) is 95.5 Å². The first-order valence-corrected chi connectivity index (χ1v) is 17.9. The molecule has 2 aromatic rings. The quantitative estimate of drug-likeness (QED) is 0.0408. The van der Waals surface area contributed by atoms with Crippen LogP contribution in [0.2, 0.25) is 0 Å². The number of Topliss-reactive ketones (excluding diaryl/α,β-unsaturated/α-hetero) is 1. The number of ether oxygens (including phenoxy) is 1. The zero-order chi connectivity index (χ0) is 39.3. The Morgan fingerprint density at radius 1 is 1.06 bits per heavy atom. The molecule has 1 aliphatic carbocycles. The van der Waals surface area contributed by atoms with E-state index in [9.17, 15) is 33.9 Å².